The number of rotatable bonds is 29. The first-order valence-electron chi connectivity index (χ1n) is 17.9. The van der Waals surface area contributed by atoms with E-state index in [0.717, 1.165) is 25.2 Å². The first kappa shape index (κ1) is 40.1. The van der Waals surface area contributed by atoms with Gasteiger partial charge in [-0.05, 0) is 31.1 Å². The van der Waals surface area contributed by atoms with Gasteiger partial charge in [-0.15, -0.1) is 0 Å². The molecule has 232 valence electrons. The van der Waals surface area contributed by atoms with E-state index in [0.29, 0.717) is 12.5 Å². The van der Waals surface area contributed by atoms with Gasteiger partial charge in [-0.25, -0.2) is 0 Å². The highest BCUT2D eigenvalue weighted by Gasteiger charge is 2.15. The summed E-state index contributed by atoms with van der Waals surface area (Å²) in [6.45, 7) is 11.6. The smallest absolute Gasteiger partial charge is 0.0568 e. The SMILES string of the molecule is CCCCCCCCC(CCO)CCCCCCC.CCCCCCCCCCCC(O)C(CC)CCC. The molecule has 3 unspecified atom stereocenters. The first-order chi connectivity index (χ1) is 18.6. The zero-order valence-electron chi connectivity index (χ0n) is 27.4. The largest absolute Gasteiger partial charge is 0.396 e. The molecule has 0 aromatic rings. The summed E-state index contributed by atoms with van der Waals surface area (Å²) in [4.78, 5) is 0. The van der Waals surface area contributed by atoms with Crippen molar-refractivity contribution >= 4 is 0 Å². The summed E-state index contributed by atoms with van der Waals surface area (Å²) < 4.78 is 0. The molecule has 0 saturated heterocycles. The van der Waals surface area contributed by atoms with Crippen LogP contribution in [0.3, 0.4) is 0 Å². The lowest BCUT2D eigenvalue weighted by atomic mass is 9.91. The van der Waals surface area contributed by atoms with Crippen LogP contribution in [0.2, 0.25) is 0 Å². The van der Waals surface area contributed by atoms with Crippen molar-refractivity contribution in [1.82, 2.24) is 0 Å². The van der Waals surface area contributed by atoms with E-state index in [1.165, 1.54) is 154 Å². The fourth-order valence-electron chi connectivity index (χ4n) is 5.80. The van der Waals surface area contributed by atoms with Gasteiger partial charge in [0.2, 0.25) is 0 Å². The average molecular weight is 541 g/mol. The van der Waals surface area contributed by atoms with Gasteiger partial charge in [0.25, 0.3) is 0 Å². The van der Waals surface area contributed by atoms with E-state index in [1.807, 2.05) is 0 Å². The molecule has 0 aromatic carbocycles. The molecule has 38 heavy (non-hydrogen) atoms. The Morgan fingerprint density at radius 3 is 1.11 bits per heavy atom. The van der Waals surface area contributed by atoms with Gasteiger partial charge >= 0.3 is 0 Å². The summed E-state index contributed by atoms with van der Waals surface area (Å²) in [6.07, 6.45) is 35.8. The van der Waals surface area contributed by atoms with E-state index in [2.05, 4.69) is 34.6 Å². The molecule has 2 heteroatoms. The molecule has 2 N–H and O–H groups in total. The minimum atomic E-state index is -0.0468. The Hall–Kier alpha value is -0.0800. The predicted octanol–water partition coefficient (Wildman–Crippen LogP) is 12.2. The van der Waals surface area contributed by atoms with Crippen LogP contribution >= 0.6 is 0 Å². The van der Waals surface area contributed by atoms with E-state index < -0.39 is 0 Å². The third-order valence-electron chi connectivity index (χ3n) is 8.55. The maximum Gasteiger partial charge on any atom is 0.0568 e. The number of hydrogen-bond donors (Lipinski definition) is 2. The van der Waals surface area contributed by atoms with Crippen LogP contribution in [-0.2, 0) is 0 Å². The van der Waals surface area contributed by atoms with Gasteiger partial charge in [0.15, 0.2) is 0 Å². The lowest BCUT2D eigenvalue weighted by Crippen LogP contribution is -2.19. The number of aliphatic hydroxyl groups is 2. The number of aliphatic hydroxyl groups excluding tert-OH is 2. The standard InChI is InChI=1S/2C18H38O/c1-4-7-8-9-10-11-12-13-14-16-18(19)17(6-3)15-5-2;1-3-5-7-9-11-13-15-18(16-17-19)14-12-10-8-6-4-2/h17-19H,4-16H2,1-3H3;18-19H,3-17H2,1-2H3. The van der Waals surface area contributed by atoms with Gasteiger partial charge in [-0.2, -0.15) is 0 Å². The molecular weight excluding hydrogens is 464 g/mol. The minimum Gasteiger partial charge on any atom is -0.396 e. The van der Waals surface area contributed by atoms with E-state index >= 15 is 0 Å². The van der Waals surface area contributed by atoms with Gasteiger partial charge in [0.05, 0.1) is 6.10 Å². The molecule has 0 aliphatic heterocycles. The third-order valence-corrected chi connectivity index (χ3v) is 8.55. The molecule has 0 radical (unpaired) electrons. The van der Waals surface area contributed by atoms with E-state index in [1.54, 1.807) is 0 Å². The van der Waals surface area contributed by atoms with Gasteiger partial charge in [-0.3, -0.25) is 0 Å². The van der Waals surface area contributed by atoms with Gasteiger partial charge in [0, 0.05) is 6.61 Å². The molecule has 0 fully saturated rings. The molecule has 0 heterocycles. The average Bonchev–Trinajstić information content (AvgIpc) is 2.92. The highest BCUT2D eigenvalue weighted by molar-refractivity contribution is 4.67. The second-order valence-electron chi connectivity index (χ2n) is 12.3. The summed E-state index contributed by atoms with van der Waals surface area (Å²) in [7, 11) is 0. The molecule has 0 rings (SSSR count). The zero-order valence-corrected chi connectivity index (χ0v) is 27.4. The third kappa shape index (κ3) is 30.5. The second kappa shape index (κ2) is 34.9. The normalized spacial score (nSPS) is 13.7. The molecule has 3 atom stereocenters. The van der Waals surface area contributed by atoms with Crippen LogP contribution in [0, 0.1) is 11.8 Å². The number of hydrogen-bond acceptors (Lipinski definition) is 2. The molecular formula is C36H76O2. The summed E-state index contributed by atoms with van der Waals surface area (Å²) in [5, 5.41) is 19.3. The van der Waals surface area contributed by atoms with Crippen molar-refractivity contribution in [2.75, 3.05) is 6.61 Å². The van der Waals surface area contributed by atoms with Crippen LogP contribution < -0.4 is 0 Å². The fraction of sp³-hybridized carbons (Fsp3) is 1.00. The molecule has 0 aliphatic rings. The summed E-state index contributed by atoms with van der Waals surface area (Å²) in [5.74, 6) is 1.33. The highest BCUT2D eigenvalue weighted by Crippen LogP contribution is 2.22. The van der Waals surface area contributed by atoms with Crippen molar-refractivity contribution in [3.8, 4) is 0 Å². The van der Waals surface area contributed by atoms with Crippen molar-refractivity contribution in [1.29, 1.82) is 0 Å². The summed E-state index contributed by atoms with van der Waals surface area (Å²) in [6, 6.07) is 0. The van der Waals surface area contributed by atoms with Gasteiger partial charge in [-0.1, -0.05) is 189 Å². The van der Waals surface area contributed by atoms with Crippen molar-refractivity contribution in [2.24, 2.45) is 11.8 Å². The molecule has 0 aliphatic carbocycles. The Morgan fingerprint density at radius 1 is 0.395 bits per heavy atom. The number of unbranched alkanes of at least 4 members (excludes halogenated alkanes) is 17. The van der Waals surface area contributed by atoms with Gasteiger partial charge < -0.3 is 10.2 Å². The van der Waals surface area contributed by atoms with Crippen molar-refractivity contribution in [2.45, 2.75) is 214 Å². The minimum absolute atomic E-state index is 0.0468. The Balaban J connectivity index is 0. The first-order valence-corrected chi connectivity index (χ1v) is 17.9. The summed E-state index contributed by atoms with van der Waals surface area (Å²) in [5.41, 5.74) is 0. The van der Waals surface area contributed by atoms with Crippen LogP contribution in [0.25, 0.3) is 0 Å². The molecule has 0 saturated carbocycles. The Labute approximate surface area is 242 Å². The van der Waals surface area contributed by atoms with Gasteiger partial charge in [0.1, 0.15) is 0 Å². The Kier molecular flexibility index (Phi) is 36.8. The second-order valence-corrected chi connectivity index (χ2v) is 12.3. The van der Waals surface area contributed by atoms with E-state index in [9.17, 15) is 5.11 Å². The lowest BCUT2D eigenvalue weighted by Gasteiger charge is -2.20. The van der Waals surface area contributed by atoms with Crippen LogP contribution in [0.4, 0.5) is 0 Å². The molecule has 0 amide bonds. The monoisotopic (exact) mass is 541 g/mol. The molecule has 0 spiro atoms. The van der Waals surface area contributed by atoms with E-state index in [4.69, 9.17) is 5.11 Å². The van der Waals surface area contributed by atoms with Crippen molar-refractivity contribution in [3.05, 3.63) is 0 Å². The molecule has 2 nitrogen and oxygen atoms in total. The molecule has 0 aromatic heterocycles. The van der Waals surface area contributed by atoms with Crippen LogP contribution in [0.5, 0.6) is 0 Å². The maximum atomic E-state index is 10.1. The maximum absolute atomic E-state index is 10.1. The van der Waals surface area contributed by atoms with Crippen LogP contribution in [0.15, 0.2) is 0 Å². The van der Waals surface area contributed by atoms with E-state index in [-0.39, 0.29) is 6.10 Å². The Bertz CT molecular complexity index is 397. The lowest BCUT2D eigenvalue weighted by molar-refractivity contribution is 0.0883. The molecule has 0 bridgehead atoms. The quantitative estimate of drug-likeness (QED) is 0.0926. The predicted molar refractivity (Wildman–Crippen MR) is 173 cm³/mol. The fourth-order valence-corrected chi connectivity index (χ4v) is 5.80. The topological polar surface area (TPSA) is 40.5 Å². The zero-order chi connectivity index (χ0) is 28.5. The Morgan fingerprint density at radius 2 is 0.763 bits per heavy atom. The van der Waals surface area contributed by atoms with Crippen LogP contribution in [0.1, 0.15) is 208 Å². The van der Waals surface area contributed by atoms with Crippen LogP contribution in [-0.4, -0.2) is 22.9 Å². The van der Waals surface area contributed by atoms with Crippen molar-refractivity contribution in [3.63, 3.8) is 0 Å². The summed E-state index contributed by atoms with van der Waals surface area (Å²) >= 11 is 0. The van der Waals surface area contributed by atoms with Crippen molar-refractivity contribution < 1.29 is 10.2 Å². The highest BCUT2D eigenvalue weighted by atomic mass is 16.3.